The van der Waals surface area contributed by atoms with Crippen LogP contribution in [0.15, 0.2) is 52.4 Å². The second-order valence-corrected chi connectivity index (χ2v) is 7.63. The second-order valence-electron chi connectivity index (χ2n) is 5.00. The number of carbonyl (C=O) groups excluding carboxylic acids is 2. The Kier molecular flexibility index (Phi) is 5.45. The number of nitrogens with zero attached hydrogens (tertiary/aromatic N) is 1. The largest absolute Gasteiger partial charge is 0.507 e. The third kappa shape index (κ3) is 4.42. The molecule has 0 spiro atoms. The van der Waals surface area contributed by atoms with Crippen LogP contribution in [0.5, 0.6) is 5.75 Å². The molecule has 2 N–H and O–H groups in total. The minimum atomic E-state index is -0.458. The van der Waals surface area contributed by atoms with E-state index in [0.717, 1.165) is 17.3 Å². The number of hydrogen-bond donors (Lipinski definition) is 2. The molecule has 25 heavy (non-hydrogen) atoms. The van der Waals surface area contributed by atoms with E-state index < -0.39 is 5.91 Å². The summed E-state index contributed by atoms with van der Waals surface area (Å²) in [6.45, 7) is 0. The highest BCUT2D eigenvalue weighted by Gasteiger charge is 2.24. The monoisotopic (exact) mass is 484 g/mol. The molecule has 2 amide bonds. The predicted octanol–water partition coefficient (Wildman–Crippen LogP) is 4.05. The Morgan fingerprint density at radius 3 is 2.64 bits per heavy atom. The molecule has 0 aliphatic carbocycles. The fraction of sp³-hybridized carbons (Fsp3) is 0. The van der Waals surface area contributed by atoms with E-state index in [0.29, 0.717) is 19.1 Å². The molecule has 126 valence electrons. The van der Waals surface area contributed by atoms with Gasteiger partial charge in [-0.1, -0.05) is 17.7 Å². The molecular formula is C17H10ClIN2O3S. The Bertz CT molecular complexity index is 926. The predicted molar refractivity (Wildman–Crippen MR) is 108 cm³/mol. The lowest BCUT2D eigenvalue weighted by molar-refractivity contribution is -0.115. The SMILES string of the molecule is O=C1NC(=NC(=O)c2ccc(Cl)cc2)S/C1=C\c1ccc(O)c(I)c1. The van der Waals surface area contributed by atoms with Crippen LogP contribution in [0, 0.1) is 3.57 Å². The van der Waals surface area contributed by atoms with Crippen molar-refractivity contribution < 1.29 is 14.7 Å². The van der Waals surface area contributed by atoms with Crippen molar-refractivity contribution in [3.8, 4) is 5.75 Å². The zero-order valence-corrected chi connectivity index (χ0v) is 16.2. The maximum absolute atomic E-state index is 12.1. The van der Waals surface area contributed by atoms with Crippen molar-refractivity contribution in [2.75, 3.05) is 0 Å². The summed E-state index contributed by atoms with van der Waals surface area (Å²) in [5.41, 5.74) is 1.15. The highest BCUT2D eigenvalue weighted by Crippen LogP contribution is 2.28. The number of halogens is 2. The molecule has 1 heterocycles. The fourth-order valence-corrected chi connectivity index (χ4v) is 3.48. The Hall–Kier alpha value is -1.84. The van der Waals surface area contributed by atoms with Crippen LogP contribution in [-0.4, -0.2) is 22.1 Å². The lowest BCUT2D eigenvalue weighted by Crippen LogP contribution is -2.20. The van der Waals surface area contributed by atoms with Crippen LogP contribution in [0.1, 0.15) is 15.9 Å². The van der Waals surface area contributed by atoms with E-state index in [-0.39, 0.29) is 16.8 Å². The molecule has 1 fully saturated rings. The number of phenols is 1. The molecule has 2 aromatic rings. The highest BCUT2D eigenvalue weighted by atomic mass is 127. The van der Waals surface area contributed by atoms with Crippen LogP contribution in [-0.2, 0) is 4.79 Å². The van der Waals surface area contributed by atoms with E-state index in [4.69, 9.17) is 11.6 Å². The van der Waals surface area contributed by atoms with E-state index in [9.17, 15) is 14.7 Å². The molecular weight excluding hydrogens is 475 g/mol. The number of phenolic OH excluding ortho intramolecular Hbond substituents is 1. The first kappa shape index (κ1) is 18.0. The number of hydrogen-bond acceptors (Lipinski definition) is 4. The summed E-state index contributed by atoms with van der Waals surface area (Å²) in [5.74, 6) is -0.599. The molecule has 0 radical (unpaired) electrons. The molecule has 1 aliphatic rings. The first-order valence-electron chi connectivity index (χ1n) is 7.00. The smallest absolute Gasteiger partial charge is 0.279 e. The molecule has 5 nitrogen and oxygen atoms in total. The van der Waals surface area contributed by atoms with Gasteiger partial charge in [-0.25, -0.2) is 0 Å². The molecule has 0 unspecified atom stereocenters. The minimum absolute atomic E-state index is 0.182. The minimum Gasteiger partial charge on any atom is -0.507 e. The Labute approximate surface area is 166 Å². The second kappa shape index (κ2) is 7.59. The quantitative estimate of drug-likeness (QED) is 0.498. The number of thioether (sulfide) groups is 1. The number of amidine groups is 1. The van der Waals surface area contributed by atoms with Crippen LogP contribution in [0.2, 0.25) is 5.02 Å². The van der Waals surface area contributed by atoms with Gasteiger partial charge in [0.25, 0.3) is 11.8 Å². The van der Waals surface area contributed by atoms with Gasteiger partial charge in [0.15, 0.2) is 5.17 Å². The summed E-state index contributed by atoms with van der Waals surface area (Å²) in [5, 5.41) is 12.9. The number of nitrogens with one attached hydrogen (secondary N) is 1. The van der Waals surface area contributed by atoms with E-state index in [2.05, 4.69) is 10.3 Å². The first-order chi connectivity index (χ1) is 11.9. The summed E-state index contributed by atoms with van der Waals surface area (Å²) in [6, 6.07) is 11.4. The van der Waals surface area contributed by atoms with Crippen LogP contribution in [0.4, 0.5) is 0 Å². The number of rotatable bonds is 2. The average Bonchev–Trinajstić information content (AvgIpc) is 2.91. The first-order valence-corrected chi connectivity index (χ1v) is 9.28. The van der Waals surface area contributed by atoms with E-state index >= 15 is 0 Å². The van der Waals surface area contributed by atoms with Gasteiger partial charge in [0.1, 0.15) is 5.75 Å². The molecule has 0 bridgehead atoms. The maximum atomic E-state index is 12.1. The van der Waals surface area contributed by atoms with Crippen molar-refractivity contribution in [1.82, 2.24) is 5.32 Å². The Morgan fingerprint density at radius 1 is 1.24 bits per heavy atom. The van der Waals surface area contributed by atoms with Gasteiger partial charge in [0, 0.05) is 10.6 Å². The van der Waals surface area contributed by atoms with Crippen molar-refractivity contribution in [2.24, 2.45) is 4.99 Å². The number of benzene rings is 2. The molecule has 0 saturated carbocycles. The zero-order valence-electron chi connectivity index (χ0n) is 12.5. The van der Waals surface area contributed by atoms with Crippen molar-refractivity contribution in [2.45, 2.75) is 0 Å². The molecule has 1 aliphatic heterocycles. The lowest BCUT2D eigenvalue weighted by atomic mass is 10.2. The average molecular weight is 485 g/mol. The molecule has 0 aromatic heterocycles. The summed E-state index contributed by atoms with van der Waals surface area (Å²) in [6.07, 6.45) is 1.68. The number of amides is 2. The number of aromatic hydroxyl groups is 1. The molecule has 3 rings (SSSR count). The topological polar surface area (TPSA) is 78.8 Å². The molecule has 0 atom stereocenters. The van der Waals surface area contributed by atoms with Crippen molar-refractivity contribution in [1.29, 1.82) is 0 Å². The van der Waals surface area contributed by atoms with Crippen LogP contribution in [0.25, 0.3) is 6.08 Å². The van der Waals surface area contributed by atoms with E-state index in [1.165, 1.54) is 0 Å². The van der Waals surface area contributed by atoms with Crippen LogP contribution < -0.4 is 5.32 Å². The standard InChI is InChI=1S/C17H10ClIN2O3S/c18-11-4-2-10(3-5-11)15(23)20-17-21-16(24)14(25-17)8-9-1-6-13(22)12(19)7-9/h1-8,22H,(H,20,21,23,24)/b14-8-. The van der Waals surface area contributed by atoms with Gasteiger partial charge in [0.05, 0.1) is 8.48 Å². The van der Waals surface area contributed by atoms with Gasteiger partial charge in [-0.05, 0) is 82.4 Å². The highest BCUT2D eigenvalue weighted by molar-refractivity contribution is 14.1. The Balaban J connectivity index is 1.79. The van der Waals surface area contributed by atoms with Crippen LogP contribution in [0.3, 0.4) is 0 Å². The Morgan fingerprint density at radius 2 is 1.96 bits per heavy atom. The number of aliphatic imine (C=N–C) groups is 1. The van der Waals surface area contributed by atoms with Crippen LogP contribution >= 0.6 is 46.0 Å². The summed E-state index contributed by atoms with van der Waals surface area (Å²) >= 11 is 8.89. The van der Waals surface area contributed by atoms with Gasteiger partial charge >= 0.3 is 0 Å². The summed E-state index contributed by atoms with van der Waals surface area (Å²) < 4.78 is 0.683. The number of carbonyl (C=O) groups is 2. The van der Waals surface area contributed by atoms with E-state index in [1.54, 1.807) is 48.5 Å². The van der Waals surface area contributed by atoms with Gasteiger partial charge < -0.3 is 10.4 Å². The van der Waals surface area contributed by atoms with Crippen molar-refractivity contribution >= 4 is 69.0 Å². The lowest BCUT2D eigenvalue weighted by Gasteiger charge is -1.99. The summed E-state index contributed by atoms with van der Waals surface area (Å²) in [7, 11) is 0. The summed E-state index contributed by atoms with van der Waals surface area (Å²) in [4.78, 5) is 28.5. The normalized spacial score (nSPS) is 17.1. The zero-order chi connectivity index (χ0) is 18.0. The van der Waals surface area contributed by atoms with Gasteiger partial charge in [-0.2, -0.15) is 4.99 Å². The van der Waals surface area contributed by atoms with Crippen molar-refractivity contribution in [3.05, 3.63) is 67.1 Å². The molecule has 2 aromatic carbocycles. The van der Waals surface area contributed by atoms with Gasteiger partial charge in [-0.3, -0.25) is 9.59 Å². The maximum Gasteiger partial charge on any atom is 0.279 e. The van der Waals surface area contributed by atoms with Gasteiger partial charge in [0.2, 0.25) is 0 Å². The third-order valence-electron chi connectivity index (χ3n) is 3.21. The fourth-order valence-electron chi connectivity index (χ4n) is 1.99. The third-order valence-corrected chi connectivity index (χ3v) is 5.24. The molecule has 1 saturated heterocycles. The van der Waals surface area contributed by atoms with E-state index in [1.807, 2.05) is 22.6 Å². The van der Waals surface area contributed by atoms with Crippen molar-refractivity contribution in [3.63, 3.8) is 0 Å². The molecule has 8 heteroatoms. The van der Waals surface area contributed by atoms with Gasteiger partial charge in [-0.15, -0.1) is 0 Å².